The fourth-order valence-electron chi connectivity index (χ4n) is 4.79. The van der Waals surface area contributed by atoms with Crippen molar-refractivity contribution in [3.05, 3.63) is 81.6 Å². The van der Waals surface area contributed by atoms with Crippen molar-refractivity contribution in [1.82, 2.24) is 24.5 Å². The molecule has 0 saturated carbocycles. The third-order valence-electron chi connectivity index (χ3n) is 6.90. The van der Waals surface area contributed by atoms with Crippen molar-refractivity contribution in [2.75, 3.05) is 5.75 Å². The topological polar surface area (TPSA) is 81.3 Å². The van der Waals surface area contributed by atoms with Crippen molar-refractivity contribution in [1.29, 1.82) is 0 Å². The van der Waals surface area contributed by atoms with Crippen LogP contribution in [0.4, 0.5) is 0 Å². The van der Waals surface area contributed by atoms with Crippen LogP contribution in [0.3, 0.4) is 0 Å². The number of benzene rings is 2. The molecule has 180 valence electrons. The predicted molar refractivity (Wildman–Crippen MR) is 139 cm³/mol. The zero-order chi connectivity index (χ0) is 24.6. The number of aromatic nitrogens is 4. The molecule has 35 heavy (non-hydrogen) atoms. The highest BCUT2D eigenvalue weighted by molar-refractivity contribution is 7.99. The third-order valence-corrected chi connectivity index (χ3v) is 7.82. The molecule has 1 aliphatic rings. The Labute approximate surface area is 208 Å². The summed E-state index contributed by atoms with van der Waals surface area (Å²) in [4.78, 5) is 31.6. The molecule has 1 amide bonds. The van der Waals surface area contributed by atoms with Gasteiger partial charge in [0.1, 0.15) is 0 Å². The highest BCUT2D eigenvalue weighted by Gasteiger charge is 2.38. The molecule has 7 nitrogen and oxygen atoms in total. The Morgan fingerprint density at radius 2 is 1.86 bits per heavy atom. The van der Waals surface area contributed by atoms with Crippen molar-refractivity contribution in [3.63, 3.8) is 0 Å². The molecule has 0 radical (unpaired) electrons. The van der Waals surface area contributed by atoms with Gasteiger partial charge in [-0.05, 0) is 30.9 Å². The van der Waals surface area contributed by atoms with E-state index in [1.807, 2.05) is 55.5 Å². The molecular formula is C27H29N5O2S. The van der Waals surface area contributed by atoms with Gasteiger partial charge in [-0.15, -0.1) is 5.10 Å². The lowest BCUT2D eigenvalue weighted by molar-refractivity contribution is -0.118. The Balaban J connectivity index is 1.52. The summed E-state index contributed by atoms with van der Waals surface area (Å²) in [6, 6.07) is 18.0. The lowest BCUT2D eigenvalue weighted by Gasteiger charge is -2.35. The number of hydrogen-bond acceptors (Lipinski definition) is 5. The predicted octanol–water partition coefficient (Wildman–Crippen LogP) is 4.21. The van der Waals surface area contributed by atoms with Crippen LogP contribution in [0.1, 0.15) is 43.9 Å². The second kappa shape index (κ2) is 9.34. The first-order valence-electron chi connectivity index (χ1n) is 12.0. The van der Waals surface area contributed by atoms with Crippen LogP contribution in [0, 0.1) is 0 Å². The Hall–Kier alpha value is -3.39. The van der Waals surface area contributed by atoms with Crippen LogP contribution >= 0.6 is 11.8 Å². The van der Waals surface area contributed by atoms with Crippen molar-refractivity contribution >= 4 is 23.4 Å². The number of fused-ring (bicyclic) bond motifs is 4. The molecule has 0 bridgehead atoms. The molecule has 0 spiro atoms. The van der Waals surface area contributed by atoms with Gasteiger partial charge in [0.2, 0.25) is 11.7 Å². The van der Waals surface area contributed by atoms with Gasteiger partial charge in [-0.1, -0.05) is 80.2 Å². The minimum Gasteiger partial charge on any atom is -0.351 e. The Morgan fingerprint density at radius 1 is 1.11 bits per heavy atom. The van der Waals surface area contributed by atoms with E-state index in [1.165, 1.54) is 17.3 Å². The molecule has 2 heterocycles. The molecule has 2 aromatic carbocycles. The maximum atomic E-state index is 14.0. The highest BCUT2D eigenvalue weighted by atomic mass is 32.2. The number of carbonyl (C=O) groups excluding carboxylic acids is 1. The lowest BCUT2D eigenvalue weighted by atomic mass is 9.69. The van der Waals surface area contributed by atoms with Gasteiger partial charge in [-0.25, -0.2) is 14.1 Å². The first-order valence-corrected chi connectivity index (χ1v) is 13.0. The van der Waals surface area contributed by atoms with Crippen LogP contribution in [0.25, 0.3) is 17.0 Å². The van der Waals surface area contributed by atoms with E-state index in [0.29, 0.717) is 24.0 Å². The minimum atomic E-state index is -0.321. The number of nitrogens with one attached hydrogen (secondary N) is 1. The van der Waals surface area contributed by atoms with Gasteiger partial charge < -0.3 is 5.32 Å². The van der Waals surface area contributed by atoms with Gasteiger partial charge in [0.15, 0.2) is 5.16 Å². The average molecular weight is 488 g/mol. The molecule has 0 aliphatic heterocycles. The van der Waals surface area contributed by atoms with E-state index in [0.717, 1.165) is 35.2 Å². The largest absolute Gasteiger partial charge is 0.351 e. The molecule has 4 aromatic rings. The summed E-state index contributed by atoms with van der Waals surface area (Å²) in [6.07, 6.45) is 1.62. The quantitative estimate of drug-likeness (QED) is 0.395. The van der Waals surface area contributed by atoms with Crippen molar-refractivity contribution in [2.45, 2.75) is 57.3 Å². The first-order chi connectivity index (χ1) is 16.9. The molecular weight excluding hydrogens is 458 g/mol. The van der Waals surface area contributed by atoms with E-state index in [9.17, 15) is 9.59 Å². The summed E-state index contributed by atoms with van der Waals surface area (Å²) in [6.45, 7) is 7.28. The molecule has 2 aromatic heterocycles. The Kier molecular flexibility index (Phi) is 6.23. The normalized spacial score (nSPS) is 16.7. The number of carbonyl (C=O) groups is 1. The zero-order valence-electron chi connectivity index (χ0n) is 20.2. The van der Waals surface area contributed by atoms with Gasteiger partial charge in [0.05, 0.1) is 17.0 Å². The molecule has 1 N–H and O–H groups in total. The van der Waals surface area contributed by atoms with E-state index in [1.54, 1.807) is 9.08 Å². The fourth-order valence-corrected chi connectivity index (χ4v) is 5.60. The zero-order valence-corrected chi connectivity index (χ0v) is 21.1. The summed E-state index contributed by atoms with van der Waals surface area (Å²) in [7, 11) is 0. The van der Waals surface area contributed by atoms with Gasteiger partial charge in [-0.2, -0.15) is 0 Å². The van der Waals surface area contributed by atoms with Gasteiger partial charge in [0.25, 0.3) is 5.56 Å². The SMILES string of the molecule is CCn1nc(SCC(=O)NCc2ccccc2)n2c(=O)c3c(nc12)-c1ccccc1C[C@]3(C)CC. The smallest absolute Gasteiger partial charge is 0.265 e. The first kappa shape index (κ1) is 23.4. The standard InChI is InChI=1S/C27H29N5O2S/c1-4-27(3)15-19-13-9-10-14-20(19)23-22(27)24(34)32-25(29-23)31(5-2)30-26(32)35-17-21(33)28-16-18-11-7-6-8-12-18/h6-14H,4-5,15-17H2,1-3H3,(H,28,33)/t27-/m0/s1. The van der Waals surface area contributed by atoms with Crippen LogP contribution in [-0.4, -0.2) is 30.8 Å². The number of nitrogens with zero attached hydrogens (tertiary/aromatic N) is 4. The molecule has 1 aliphatic carbocycles. The van der Waals surface area contributed by atoms with Gasteiger partial charge >= 0.3 is 0 Å². The summed E-state index contributed by atoms with van der Waals surface area (Å²) in [5, 5.41) is 8.09. The Morgan fingerprint density at radius 3 is 2.60 bits per heavy atom. The van der Waals surface area contributed by atoms with Crippen molar-refractivity contribution < 1.29 is 4.79 Å². The molecule has 5 rings (SSSR count). The maximum absolute atomic E-state index is 14.0. The third kappa shape index (κ3) is 4.16. The summed E-state index contributed by atoms with van der Waals surface area (Å²) in [5.74, 6) is 0.572. The van der Waals surface area contributed by atoms with Crippen molar-refractivity contribution in [2.24, 2.45) is 0 Å². The Bertz CT molecular complexity index is 1460. The summed E-state index contributed by atoms with van der Waals surface area (Å²) >= 11 is 1.27. The monoisotopic (exact) mass is 487 g/mol. The number of rotatable bonds is 7. The van der Waals surface area contributed by atoms with E-state index in [-0.39, 0.29) is 22.6 Å². The summed E-state index contributed by atoms with van der Waals surface area (Å²) in [5.41, 5.74) is 4.36. The molecule has 0 saturated heterocycles. The van der Waals surface area contributed by atoms with Crippen LogP contribution < -0.4 is 10.9 Å². The lowest BCUT2D eigenvalue weighted by Crippen LogP contribution is -2.38. The van der Waals surface area contributed by atoms with Crippen LogP contribution in [0.5, 0.6) is 0 Å². The van der Waals surface area contributed by atoms with Crippen LogP contribution in [0.15, 0.2) is 64.5 Å². The maximum Gasteiger partial charge on any atom is 0.265 e. The second-order valence-corrected chi connectivity index (χ2v) is 10.1. The average Bonchev–Trinajstić information content (AvgIpc) is 3.25. The number of aryl methyl sites for hydroxylation is 1. The number of hydrogen-bond donors (Lipinski definition) is 1. The molecule has 0 unspecified atom stereocenters. The van der Waals surface area contributed by atoms with Gasteiger partial charge in [0, 0.05) is 24.1 Å². The van der Waals surface area contributed by atoms with E-state index in [2.05, 4.69) is 30.3 Å². The fraction of sp³-hybridized carbons (Fsp3) is 0.333. The second-order valence-electron chi connectivity index (χ2n) is 9.17. The number of thioether (sulfide) groups is 1. The van der Waals surface area contributed by atoms with Crippen LogP contribution in [-0.2, 0) is 29.7 Å². The number of amides is 1. The molecule has 0 fully saturated rings. The highest BCUT2D eigenvalue weighted by Crippen LogP contribution is 2.42. The van der Waals surface area contributed by atoms with Crippen molar-refractivity contribution in [3.8, 4) is 11.3 Å². The minimum absolute atomic E-state index is 0.0873. The van der Waals surface area contributed by atoms with E-state index in [4.69, 9.17) is 4.98 Å². The molecule has 1 atom stereocenters. The van der Waals surface area contributed by atoms with Crippen LogP contribution in [0.2, 0.25) is 0 Å². The molecule has 8 heteroatoms. The van der Waals surface area contributed by atoms with E-state index >= 15 is 0 Å². The van der Waals surface area contributed by atoms with E-state index < -0.39 is 0 Å². The summed E-state index contributed by atoms with van der Waals surface area (Å²) < 4.78 is 3.34. The van der Waals surface area contributed by atoms with Gasteiger partial charge in [-0.3, -0.25) is 9.59 Å².